The van der Waals surface area contributed by atoms with Crippen LogP contribution in [0, 0.1) is 9.49 Å². The Kier molecular flexibility index (Phi) is 5.38. The van der Waals surface area contributed by atoms with Crippen LogP contribution in [0.2, 0.25) is 0 Å². The highest BCUT2D eigenvalue weighted by Gasteiger charge is 2.11. The lowest BCUT2D eigenvalue weighted by Gasteiger charge is -2.27. The highest BCUT2D eigenvalue weighted by molar-refractivity contribution is 14.1. The van der Waals surface area contributed by atoms with Gasteiger partial charge in [0.2, 0.25) is 0 Å². The fourth-order valence-electron chi connectivity index (χ4n) is 1.72. The number of hydrogen-bond acceptors (Lipinski definition) is 2. The third-order valence-electron chi connectivity index (χ3n) is 2.94. The lowest BCUT2D eigenvalue weighted by atomic mass is 10.1. The van der Waals surface area contributed by atoms with Crippen molar-refractivity contribution in [2.24, 2.45) is 5.92 Å². The molecule has 0 amide bonds. The van der Waals surface area contributed by atoms with Crippen molar-refractivity contribution in [1.82, 2.24) is 0 Å². The Bertz CT molecular complexity index is 339. The van der Waals surface area contributed by atoms with Gasteiger partial charge in [0.1, 0.15) is 0 Å². The van der Waals surface area contributed by atoms with Crippen LogP contribution in [0.3, 0.4) is 0 Å². The van der Waals surface area contributed by atoms with Gasteiger partial charge in [-0.25, -0.2) is 0 Å². The van der Waals surface area contributed by atoms with Crippen LogP contribution < -0.4 is 10.6 Å². The fourth-order valence-corrected chi connectivity index (χ4v) is 2.23. The van der Waals surface area contributed by atoms with Gasteiger partial charge in [0.15, 0.2) is 0 Å². The summed E-state index contributed by atoms with van der Waals surface area (Å²) < 4.78 is 1.19. The number of benzene rings is 1. The fraction of sp³-hybridized carbons (Fsp3) is 0.538. The first kappa shape index (κ1) is 13.6. The van der Waals surface area contributed by atoms with Crippen LogP contribution in [-0.2, 0) is 0 Å². The van der Waals surface area contributed by atoms with Crippen LogP contribution in [0.25, 0.3) is 0 Å². The van der Waals surface area contributed by atoms with Crippen LogP contribution in [-0.4, -0.2) is 13.1 Å². The first-order valence-electron chi connectivity index (χ1n) is 5.88. The number of anilines is 2. The predicted octanol–water partition coefficient (Wildman–Crippen LogP) is 3.75. The number of hydrogen-bond donors (Lipinski definition) is 1. The smallest absolute Gasteiger partial charge is 0.0600 e. The molecule has 0 aliphatic carbocycles. The van der Waals surface area contributed by atoms with Crippen molar-refractivity contribution >= 4 is 34.0 Å². The zero-order valence-electron chi connectivity index (χ0n) is 10.3. The molecule has 1 aromatic carbocycles. The molecule has 1 rings (SSSR count). The number of rotatable bonds is 5. The molecule has 0 aromatic heterocycles. The molecule has 16 heavy (non-hydrogen) atoms. The SMILES string of the molecule is CCC(C)CN(CC)c1ccc(I)cc1N. The van der Waals surface area contributed by atoms with E-state index in [1.165, 1.54) is 15.7 Å². The minimum atomic E-state index is 0.707. The van der Waals surface area contributed by atoms with Gasteiger partial charge in [-0.15, -0.1) is 0 Å². The molecule has 1 unspecified atom stereocenters. The molecular weight excluding hydrogens is 311 g/mol. The summed E-state index contributed by atoms with van der Waals surface area (Å²) >= 11 is 2.29. The van der Waals surface area contributed by atoms with Crippen molar-refractivity contribution in [3.05, 3.63) is 21.8 Å². The predicted molar refractivity (Wildman–Crippen MR) is 80.9 cm³/mol. The molecule has 90 valence electrons. The first-order valence-corrected chi connectivity index (χ1v) is 6.96. The second-order valence-corrected chi connectivity index (χ2v) is 5.50. The van der Waals surface area contributed by atoms with Crippen LogP contribution in [0.1, 0.15) is 27.2 Å². The Morgan fingerprint density at radius 3 is 2.56 bits per heavy atom. The van der Waals surface area contributed by atoms with E-state index in [0.29, 0.717) is 5.92 Å². The van der Waals surface area contributed by atoms with Gasteiger partial charge in [-0.2, -0.15) is 0 Å². The maximum atomic E-state index is 6.07. The monoisotopic (exact) mass is 332 g/mol. The highest BCUT2D eigenvalue weighted by Crippen LogP contribution is 2.26. The third kappa shape index (κ3) is 3.54. The van der Waals surface area contributed by atoms with E-state index in [0.717, 1.165) is 18.8 Å². The summed E-state index contributed by atoms with van der Waals surface area (Å²) in [5.74, 6) is 0.707. The second-order valence-electron chi connectivity index (χ2n) is 4.26. The molecule has 0 saturated heterocycles. The van der Waals surface area contributed by atoms with Gasteiger partial charge in [0.25, 0.3) is 0 Å². The molecule has 0 heterocycles. The first-order chi connectivity index (χ1) is 7.58. The van der Waals surface area contributed by atoms with Crippen molar-refractivity contribution in [1.29, 1.82) is 0 Å². The van der Waals surface area contributed by atoms with E-state index in [1.54, 1.807) is 0 Å². The van der Waals surface area contributed by atoms with Crippen molar-refractivity contribution in [2.45, 2.75) is 27.2 Å². The van der Waals surface area contributed by atoms with E-state index in [2.05, 4.69) is 60.4 Å². The molecule has 1 atom stereocenters. The number of halogens is 1. The van der Waals surface area contributed by atoms with Crippen molar-refractivity contribution in [3.8, 4) is 0 Å². The lowest BCUT2D eigenvalue weighted by Crippen LogP contribution is -2.28. The Labute approximate surface area is 112 Å². The summed E-state index contributed by atoms with van der Waals surface area (Å²) in [4.78, 5) is 2.36. The van der Waals surface area contributed by atoms with Crippen LogP contribution in [0.5, 0.6) is 0 Å². The maximum absolute atomic E-state index is 6.07. The Hall–Kier alpha value is -0.450. The van der Waals surface area contributed by atoms with Crippen molar-refractivity contribution in [3.63, 3.8) is 0 Å². The summed E-state index contributed by atoms with van der Waals surface area (Å²) in [5, 5.41) is 0. The zero-order chi connectivity index (χ0) is 12.1. The lowest BCUT2D eigenvalue weighted by molar-refractivity contribution is 0.548. The van der Waals surface area contributed by atoms with E-state index in [9.17, 15) is 0 Å². The van der Waals surface area contributed by atoms with Crippen molar-refractivity contribution < 1.29 is 0 Å². The normalized spacial score (nSPS) is 12.5. The molecule has 2 nitrogen and oxygen atoms in total. The molecule has 0 aliphatic rings. The molecule has 1 aromatic rings. The minimum absolute atomic E-state index is 0.707. The van der Waals surface area contributed by atoms with E-state index in [1.807, 2.05) is 6.07 Å². The average molecular weight is 332 g/mol. The molecular formula is C13H21IN2. The number of nitrogens with two attached hydrogens (primary N) is 1. The van der Waals surface area contributed by atoms with Gasteiger partial charge < -0.3 is 10.6 Å². The number of nitrogen functional groups attached to an aromatic ring is 1. The molecule has 0 bridgehead atoms. The Morgan fingerprint density at radius 2 is 2.06 bits per heavy atom. The van der Waals surface area contributed by atoms with Crippen LogP contribution >= 0.6 is 22.6 Å². The van der Waals surface area contributed by atoms with E-state index in [4.69, 9.17) is 5.73 Å². The average Bonchev–Trinajstić information content (AvgIpc) is 2.26. The summed E-state index contributed by atoms with van der Waals surface area (Å²) in [6, 6.07) is 6.28. The van der Waals surface area contributed by atoms with Gasteiger partial charge in [-0.1, -0.05) is 20.3 Å². The molecule has 0 radical (unpaired) electrons. The number of nitrogens with zero attached hydrogens (tertiary/aromatic N) is 1. The Balaban J connectivity index is 2.86. The zero-order valence-corrected chi connectivity index (χ0v) is 12.5. The van der Waals surface area contributed by atoms with Gasteiger partial charge in [0, 0.05) is 16.7 Å². The molecule has 0 saturated carbocycles. The van der Waals surface area contributed by atoms with Crippen molar-refractivity contribution in [2.75, 3.05) is 23.7 Å². The van der Waals surface area contributed by atoms with Gasteiger partial charge in [-0.05, 0) is 53.6 Å². The molecule has 0 fully saturated rings. The highest BCUT2D eigenvalue weighted by atomic mass is 127. The maximum Gasteiger partial charge on any atom is 0.0600 e. The van der Waals surface area contributed by atoms with Gasteiger partial charge in [-0.3, -0.25) is 0 Å². The summed E-state index contributed by atoms with van der Waals surface area (Å²) in [6.07, 6.45) is 1.21. The summed E-state index contributed by atoms with van der Waals surface area (Å²) in [5.41, 5.74) is 8.12. The summed E-state index contributed by atoms with van der Waals surface area (Å²) in [7, 11) is 0. The van der Waals surface area contributed by atoms with Gasteiger partial charge >= 0.3 is 0 Å². The van der Waals surface area contributed by atoms with Crippen LogP contribution in [0.15, 0.2) is 18.2 Å². The third-order valence-corrected chi connectivity index (χ3v) is 3.61. The Morgan fingerprint density at radius 1 is 1.38 bits per heavy atom. The largest absolute Gasteiger partial charge is 0.397 e. The molecule has 3 heteroatoms. The second kappa shape index (κ2) is 6.33. The van der Waals surface area contributed by atoms with E-state index >= 15 is 0 Å². The van der Waals surface area contributed by atoms with Gasteiger partial charge in [0.05, 0.1) is 11.4 Å². The standard InChI is InChI=1S/C13H21IN2/c1-4-10(3)9-16(5-2)13-7-6-11(14)8-12(13)15/h6-8,10H,4-5,9,15H2,1-3H3. The van der Waals surface area contributed by atoms with E-state index in [-0.39, 0.29) is 0 Å². The molecule has 0 aliphatic heterocycles. The molecule has 0 spiro atoms. The van der Waals surface area contributed by atoms with Crippen LogP contribution in [0.4, 0.5) is 11.4 Å². The minimum Gasteiger partial charge on any atom is -0.397 e. The molecule has 2 N–H and O–H groups in total. The topological polar surface area (TPSA) is 29.3 Å². The summed E-state index contributed by atoms with van der Waals surface area (Å²) in [6.45, 7) is 8.79. The van der Waals surface area contributed by atoms with E-state index < -0.39 is 0 Å². The quantitative estimate of drug-likeness (QED) is 0.657.